The number of carbonyl (C=O) groups is 1. The summed E-state index contributed by atoms with van der Waals surface area (Å²) in [6, 6.07) is 15.7. The van der Waals surface area contributed by atoms with Crippen molar-refractivity contribution in [3.8, 4) is 5.69 Å². The fraction of sp³-hybridized carbons (Fsp3) is 0.318. The summed E-state index contributed by atoms with van der Waals surface area (Å²) in [5.41, 5.74) is 2.66. The van der Waals surface area contributed by atoms with E-state index in [2.05, 4.69) is 15.4 Å². The van der Waals surface area contributed by atoms with Gasteiger partial charge in [-0.05, 0) is 43.2 Å². The van der Waals surface area contributed by atoms with Crippen LogP contribution in [0.25, 0.3) is 5.69 Å². The van der Waals surface area contributed by atoms with E-state index in [4.69, 9.17) is 0 Å². The first-order chi connectivity index (χ1) is 13.8. The third-order valence-corrected chi connectivity index (χ3v) is 6.28. The van der Waals surface area contributed by atoms with Crippen LogP contribution in [0.2, 0.25) is 0 Å². The molecule has 0 unspecified atom stereocenters. The molecule has 1 aliphatic rings. The summed E-state index contributed by atoms with van der Waals surface area (Å²) in [5, 5.41) is 9.04. The number of hydrogen-bond donors (Lipinski definition) is 1. The Labute approximate surface area is 169 Å². The van der Waals surface area contributed by atoms with Gasteiger partial charge in [0.2, 0.25) is 0 Å². The molecule has 28 heavy (non-hydrogen) atoms. The zero-order valence-corrected chi connectivity index (χ0v) is 16.6. The van der Waals surface area contributed by atoms with Crippen molar-refractivity contribution in [1.82, 2.24) is 20.1 Å². The SMILES string of the molecule is O=C(NCCc1ccn(-c2ccccc2)n1)c1cccnc1SC1CCCC1. The Balaban J connectivity index is 1.33. The van der Waals surface area contributed by atoms with E-state index >= 15 is 0 Å². The van der Waals surface area contributed by atoms with Crippen LogP contribution in [0.1, 0.15) is 41.7 Å². The molecule has 0 spiro atoms. The van der Waals surface area contributed by atoms with Crippen LogP contribution in [0.3, 0.4) is 0 Å². The number of thioether (sulfide) groups is 1. The normalized spacial score (nSPS) is 14.3. The predicted molar refractivity (Wildman–Crippen MR) is 112 cm³/mol. The maximum atomic E-state index is 12.7. The van der Waals surface area contributed by atoms with Crippen LogP contribution in [0.4, 0.5) is 0 Å². The van der Waals surface area contributed by atoms with Crippen LogP contribution >= 0.6 is 11.8 Å². The average molecular weight is 393 g/mol. The first-order valence-electron chi connectivity index (χ1n) is 9.79. The summed E-state index contributed by atoms with van der Waals surface area (Å²) in [6.45, 7) is 0.549. The van der Waals surface area contributed by atoms with Gasteiger partial charge >= 0.3 is 0 Å². The minimum atomic E-state index is -0.0592. The van der Waals surface area contributed by atoms with E-state index < -0.39 is 0 Å². The highest BCUT2D eigenvalue weighted by Crippen LogP contribution is 2.35. The highest BCUT2D eigenvalue weighted by Gasteiger charge is 2.20. The highest BCUT2D eigenvalue weighted by atomic mass is 32.2. The van der Waals surface area contributed by atoms with E-state index in [1.807, 2.05) is 59.4 Å². The molecule has 0 aliphatic heterocycles. The van der Waals surface area contributed by atoms with Gasteiger partial charge in [-0.3, -0.25) is 4.79 Å². The van der Waals surface area contributed by atoms with E-state index in [-0.39, 0.29) is 5.91 Å². The van der Waals surface area contributed by atoms with Crippen LogP contribution < -0.4 is 5.32 Å². The number of nitrogens with zero attached hydrogens (tertiary/aromatic N) is 3. The smallest absolute Gasteiger partial charge is 0.254 e. The van der Waals surface area contributed by atoms with Gasteiger partial charge in [0.1, 0.15) is 5.03 Å². The van der Waals surface area contributed by atoms with Gasteiger partial charge in [0, 0.05) is 30.6 Å². The number of pyridine rings is 1. The number of para-hydroxylation sites is 1. The molecule has 3 aromatic rings. The lowest BCUT2D eigenvalue weighted by molar-refractivity contribution is 0.0950. The minimum absolute atomic E-state index is 0.0592. The van der Waals surface area contributed by atoms with Crippen molar-refractivity contribution in [3.05, 3.63) is 72.2 Å². The predicted octanol–water partition coefficient (Wildman–Crippen LogP) is 4.27. The Morgan fingerprint density at radius 3 is 2.75 bits per heavy atom. The Kier molecular flexibility index (Phi) is 6.07. The maximum absolute atomic E-state index is 12.7. The third-order valence-electron chi connectivity index (χ3n) is 4.93. The van der Waals surface area contributed by atoms with Crippen molar-refractivity contribution in [2.75, 3.05) is 6.54 Å². The van der Waals surface area contributed by atoms with E-state index in [9.17, 15) is 4.79 Å². The van der Waals surface area contributed by atoms with Gasteiger partial charge in [-0.1, -0.05) is 31.0 Å². The average Bonchev–Trinajstić information content (AvgIpc) is 3.41. The number of carbonyl (C=O) groups excluding carboxylic acids is 1. The number of benzene rings is 1. The van der Waals surface area contributed by atoms with Crippen molar-refractivity contribution in [2.45, 2.75) is 42.4 Å². The molecule has 4 rings (SSSR count). The fourth-order valence-electron chi connectivity index (χ4n) is 3.44. The number of rotatable bonds is 7. The zero-order chi connectivity index (χ0) is 19.2. The fourth-order valence-corrected chi connectivity index (χ4v) is 4.73. The highest BCUT2D eigenvalue weighted by molar-refractivity contribution is 7.99. The topological polar surface area (TPSA) is 59.8 Å². The van der Waals surface area contributed by atoms with E-state index in [0.717, 1.165) is 16.4 Å². The summed E-state index contributed by atoms with van der Waals surface area (Å²) < 4.78 is 1.86. The van der Waals surface area contributed by atoms with Crippen LogP contribution in [0.15, 0.2) is 66.0 Å². The summed E-state index contributed by atoms with van der Waals surface area (Å²) in [5.74, 6) is -0.0592. The van der Waals surface area contributed by atoms with Crippen molar-refractivity contribution in [3.63, 3.8) is 0 Å². The number of nitrogens with one attached hydrogen (secondary N) is 1. The molecule has 0 atom stereocenters. The Morgan fingerprint density at radius 2 is 1.93 bits per heavy atom. The van der Waals surface area contributed by atoms with E-state index in [0.29, 0.717) is 23.8 Å². The standard InChI is InChI=1S/C22H24N4OS/c27-21(20-11-6-14-24-22(20)28-19-9-4-5-10-19)23-15-12-17-13-16-26(25-17)18-7-2-1-3-8-18/h1-3,6-8,11,13-14,16,19H,4-5,9-10,12,15H2,(H,23,27). The largest absolute Gasteiger partial charge is 0.352 e. The summed E-state index contributed by atoms with van der Waals surface area (Å²) in [4.78, 5) is 17.1. The van der Waals surface area contributed by atoms with Gasteiger partial charge in [0.05, 0.1) is 16.9 Å². The molecule has 1 aromatic carbocycles. The van der Waals surface area contributed by atoms with Gasteiger partial charge in [-0.2, -0.15) is 5.10 Å². The Bertz CT molecular complexity index is 919. The minimum Gasteiger partial charge on any atom is -0.352 e. The number of amides is 1. The number of hydrogen-bond acceptors (Lipinski definition) is 4. The molecule has 1 amide bonds. The number of aromatic nitrogens is 3. The van der Waals surface area contributed by atoms with Crippen molar-refractivity contribution in [1.29, 1.82) is 0 Å². The molecular weight excluding hydrogens is 368 g/mol. The Hall–Kier alpha value is -2.60. The monoisotopic (exact) mass is 392 g/mol. The van der Waals surface area contributed by atoms with Gasteiger partial charge < -0.3 is 5.32 Å². The molecule has 1 aliphatic carbocycles. The lowest BCUT2D eigenvalue weighted by Crippen LogP contribution is -2.26. The van der Waals surface area contributed by atoms with Gasteiger partial charge in [-0.15, -0.1) is 11.8 Å². The molecule has 2 heterocycles. The summed E-state index contributed by atoms with van der Waals surface area (Å²) in [7, 11) is 0. The molecule has 1 N–H and O–H groups in total. The van der Waals surface area contributed by atoms with Gasteiger partial charge in [-0.25, -0.2) is 9.67 Å². The molecule has 1 saturated carbocycles. The summed E-state index contributed by atoms with van der Waals surface area (Å²) >= 11 is 1.75. The summed E-state index contributed by atoms with van der Waals surface area (Å²) in [6.07, 6.45) is 9.40. The maximum Gasteiger partial charge on any atom is 0.254 e. The van der Waals surface area contributed by atoms with Crippen LogP contribution in [-0.4, -0.2) is 32.5 Å². The lowest BCUT2D eigenvalue weighted by atomic mass is 10.2. The molecule has 144 valence electrons. The van der Waals surface area contributed by atoms with Crippen molar-refractivity contribution >= 4 is 17.7 Å². The second-order valence-corrected chi connectivity index (χ2v) is 8.26. The van der Waals surface area contributed by atoms with Gasteiger partial charge in [0.25, 0.3) is 5.91 Å². The zero-order valence-electron chi connectivity index (χ0n) is 15.8. The molecule has 0 bridgehead atoms. The van der Waals surface area contributed by atoms with Crippen molar-refractivity contribution in [2.24, 2.45) is 0 Å². The van der Waals surface area contributed by atoms with Gasteiger partial charge in [0.15, 0.2) is 0 Å². The van der Waals surface area contributed by atoms with Crippen LogP contribution in [0, 0.1) is 0 Å². The molecule has 1 fully saturated rings. The molecule has 5 nitrogen and oxygen atoms in total. The second-order valence-electron chi connectivity index (χ2n) is 6.97. The molecule has 0 saturated heterocycles. The molecule has 2 aromatic heterocycles. The van der Waals surface area contributed by atoms with Crippen LogP contribution in [-0.2, 0) is 6.42 Å². The second kappa shape index (κ2) is 9.06. The molecular formula is C22H24N4OS. The molecule has 0 radical (unpaired) electrons. The van der Waals surface area contributed by atoms with Crippen LogP contribution in [0.5, 0.6) is 0 Å². The lowest BCUT2D eigenvalue weighted by Gasteiger charge is -2.12. The third kappa shape index (κ3) is 4.62. The van der Waals surface area contributed by atoms with Crippen molar-refractivity contribution < 1.29 is 4.79 Å². The van der Waals surface area contributed by atoms with E-state index in [1.54, 1.807) is 18.0 Å². The Morgan fingerprint density at radius 1 is 1.11 bits per heavy atom. The first-order valence-corrected chi connectivity index (χ1v) is 10.7. The quantitative estimate of drug-likeness (QED) is 0.652. The van der Waals surface area contributed by atoms with E-state index in [1.165, 1.54) is 25.7 Å². The molecule has 6 heteroatoms. The first kappa shape index (κ1) is 18.7.